The molecular formula is C30H40FN3O2. The molecule has 0 atom stereocenters. The normalized spacial score (nSPS) is 15.5. The molecule has 1 aliphatic rings. The van der Waals surface area contributed by atoms with Crippen molar-refractivity contribution in [3.8, 4) is 0 Å². The van der Waals surface area contributed by atoms with Crippen molar-refractivity contribution < 1.29 is 14.4 Å². The van der Waals surface area contributed by atoms with Gasteiger partial charge in [-0.25, -0.2) is 9.87 Å². The molecule has 1 saturated heterocycles. The lowest BCUT2D eigenvalue weighted by Gasteiger charge is -2.36. The van der Waals surface area contributed by atoms with E-state index in [0.29, 0.717) is 30.9 Å². The fourth-order valence-corrected chi connectivity index (χ4v) is 5.68. The van der Waals surface area contributed by atoms with Gasteiger partial charge in [0, 0.05) is 35.2 Å². The zero-order chi connectivity index (χ0) is 25.7. The van der Waals surface area contributed by atoms with E-state index in [0.717, 1.165) is 50.9 Å². The van der Waals surface area contributed by atoms with Crippen LogP contribution >= 0.6 is 0 Å². The molecule has 1 aliphatic heterocycles. The smallest absolute Gasteiger partial charge is 0.274 e. The van der Waals surface area contributed by atoms with Crippen LogP contribution in [0.15, 0.2) is 48.5 Å². The Balaban J connectivity index is 1.43. The molecule has 0 bridgehead atoms. The third-order valence-electron chi connectivity index (χ3n) is 8.30. The monoisotopic (exact) mass is 493 g/mol. The molecule has 2 N–H and O–H groups in total. The molecule has 6 heteroatoms. The highest BCUT2D eigenvalue weighted by Gasteiger charge is 2.30. The first-order valence-corrected chi connectivity index (χ1v) is 13.4. The zero-order valence-electron chi connectivity index (χ0n) is 21.9. The van der Waals surface area contributed by atoms with Gasteiger partial charge in [0.25, 0.3) is 5.91 Å². The predicted octanol–water partition coefficient (Wildman–Crippen LogP) is 6.29. The summed E-state index contributed by atoms with van der Waals surface area (Å²) < 4.78 is 17.3. The fourth-order valence-electron chi connectivity index (χ4n) is 5.68. The first kappa shape index (κ1) is 26.4. The number of rotatable bonds is 10. The van der Waals surface area contributed by atoms with Crippen LogP contribution in [-0.4, -0.2) is 45.9 Å². The highest BCUT2D eigenvalue weighted by atomic mass is 19.1. The molecule has 0 aliphatic carbocycles. The number of aromatic nitrogens is 1. The first-order chi connectivity index (χ1) is 17.4. The topological polar surface area (TPSA) is 57.5 Å². The zero-order valence-corrected chi connectivity index (χ0v) is 21.9. The van der Waals surface area contributed by atoms with Crippen LogP contribution in [0.25, 0.3) is 10.9 Å². The number of benzene rings is 2. The Morgan fingerprint density at radius 2 is 1.75 bits per heavy atom. The number of likely N-dealkylation sites (tertiary alicyclic amines) is 1. The van der Waals surface area contributed by atoms with Gasteiger partial charge >= 0.3 is 0 Å². The summed E-state index contributed by atoms with van der Waals surface area (Å²) in [5.74, 6) is 0.174. The van der Waals surface area contributed by atoms with Crippen molar-refractivity contribution in [3.05, 3.63) is 70.9 Å². The van der Waals surface area contributed by atoms with Crippen molar-refractivity contribution in [2.75, 3.05) is 19.6 Å². The lowest BCUT2D eigenvalue weighted by Crippen LogP contribution is -2.43. The number of carbonyl (C=O) groups is 1. The minimum atomic E-state index is -1.05. The molecule has 2 aromatic carbocycles. The van der Waals surface area contributed by atoms with Gasteiger partial charge in [-0.15, -0.1) is 0 Å². The van der Waals surface area contributed by atoms with Crippen molar-refractivity contribution in [2.45, 2.75) is 71.5 Å². The Morgan fingerprint density at radius 3 is 2.39 bits per heavy atom. The Bertz CT molecular complexity index is 1160. The molecule has 4 rings (SSSR count). The number of alkyl halides is 1. The van der Waals surface area contributed by atoms with Crippen LogP contribution in [0.3, 0.4) is 0 Å². The van der Waals surface area contributed by atoms with Crippen LogP contribution < -0.4 is 5.48 Å². The summed E-state index contributed by atoms with van der Waals surface area (Å²) in [5.41, 5.74) is 6.09. The number of hydroxylamine groups is 1. The van der Waals surface area contributed by atoms with Crippen LogP contribution in [0.4, 0.5) is 4.39 Å². The SMILES string of the molecule is CCC(F)(CC)CN1CCC(CCn2c(C)c(Cc3ccc(C(=O)NO)cc3)c3ccccc32)CC1. The minimum absolute atomic E-state index is 0.438. The van der Waals surface area contributed by atoms with E-state index in [2.05, 4.69) is 40.7 Å². The summed E-state index contributed by atoms with van der Waals surface area (Å²) in [4.78, 5) is 14.0. The van der Waals surface area contributed by atoms with E-state index in [-0.39, 0.29) is 0 Å². The maximum atomic E-state index is 14.9. The van der Waals surface area contributed by atoms with E-state index in [4.69, 9.17) is 5.21 Å². The van der Waals surface area contributed by atoms with Crippen molar-refractivity contribution in [1.29, 1.82) is 0 Å². The van der Waals surface area contributed by atoms with Gasteiger partial charge in [0.1, 0.15) is 5.67 Å². The van der Waals surface area contributed by atoms with E-state index in [1.54, 1.807) is 17.6 Å². The number of hydrogen-bond acceptors (Lipinski definition) is 3. The molecule has 36 heavy (non-hydrogen) atoms. The van der Waals surface area contributed by atoms with E-state index in [1.807, 2.05) is 26.0 Å². The number of halogens is 1. The van der Waals surface area contributed by atoms with E-state index in [9.17, 15) is 9.18 Å². The quantitative estimate of drug-likeness (QED) is 0.258. The third kappa shape index (κ3) is 5.81. The second-order valence-corrected chi connectivity index (χ2v) is 10.4. The van der Waals surface area contributed by atoms with Gasteiger partial charge < -0.3 is 9.47 Å². The largest absolute Gasteiger partial charge is 0.345 e. The van der Waals surface area contributed by atoms with Crippen molar-refractivity contribution in [1.82, 2.24) is 14.9 Å². The lowest BCUT2D eigenvalue weighted by atomic mass is 9.91. The van der Waals surface area contributed by atoms with Gasteiger partial charge in [-0.3, -0.25) is 10.0 Å². The number of nitrogens with one attached hydrogen (secondary N) is 1. The van der Waals surface area contributed by atoms with Gasteiger partial charge in [0.05, 0.1) is 0 Å². The molecule has 1 amide bonds. The van der Waals surface area contributed by atoms with E-state index < -0.39 is 11.6 Å². The van der Waals surface area contributed by atoms with Crippen LogP contribution in [0, 0.1) is 12.8 Å². The standard InChI is InChI=1S/C30H40FN3O2/c1-4-30(31,5-2)21-33-17-14-23(15-18-33)16-19-34-22(3)27(26-8-6-7-9-28(26)34)20-24-10-12-25(13-11-24)29(35)32-36/h6-13,23,36H,4-5,14-21H2,1-3H3,(H,32,35). The van der Waals surface area contributed by atoms with Crippen molar-refractivity contribution in [3.63, 3.8) is 0 Å². The first-order valence-electron chi connectivity index (χ1n) is 13.4. The maximum absolute atomic E-state index is 14.9. The van der Waals surface area contributed by atoms with Crippen LogP contribution in [0.2, 0.25) is 0 Å². The molecule has 194 valence electrons. The number of carbonyl (C=O) groups excluding carboxylic acids is 1. The van der Waals surface area contributed by atoms with E-state index in [1.165, 1.54) is 22.2 Å². The summed E-state index contributed by atoms with van der Waals surface area (Å²) in [5, 5.41) is 10.1. The molecule has 1 aromatic heterocycles. The van der Waals surface area contributed by atoms with Gasteiger partial charge in [-0.1, -0.05) is 44.2 Å². The van der Waals surface area contributed by atoms with Gasteiger partial charge in [0.15, 0.2) is 0 Å². The van der Waals surface area contributed by atoms with Gasteiger partial charge in [-0.05, 0) is 93.8 Å². The lowest BCUT2D eigenvalue weighted by molar-refractivity contribution is 0.0623. The second kappa shape index (κ2) is 11.6. The molecule has 0 spiro atoms. The highest BCUT2D eigenvalue weighted by molar-refractivity contribution is 5.93. The molecule has 0 radical (unpaired) electrons. The Morgan fingerprint density at radius 1 is 1.08 bits per heavy atom. The Kier molecular flexibility index (Phi) is 8.47. The average Bonchev–Trinajstić information content (AvgIpc) is 3.18. The van der Waals surface area contributed by atoms with Crippen LogP contribution in [0.5, 0.6) is 0 Å². The molecule has 0 saturated carbocycles. The summed E-state index contributed by atoms with van der Waals surface area (Å²) in [6.45, 7) is 9.68. The van der Waals surface area contributed by atoms with Gasteiger partial charge in [-0.2, -0.15) is 0 Å². The van der Waals surface area contributed by atoms with E-state index >= 15 is 0 Å². The molecular weight excluding hydrogens is 453 g/mol. The number of amides is 1. The van der Waals surface area contributed by atoms with Gasteiger partial charge in [0.2, 0.25) is 0 Å². The number of piperidine rings is 1. The highest BCUT2D eigenvalue weighted by Crippen LogP contribution is 2.31. The third-order valence-corrected chi connectivity index (χ3v) is 8.30. The molecule has 5 nitrogen and oxygen atoms in total. The molecule has 0 unspecified atom stereocenters. The molecule has 1 fully saturated rings. The van der Waals surface area contributed by atoms with Crippen molar-refractivity contribution in [2.24, 2.45) is 5.92 Å². The predicted molar refractivity (Wildman–Crippen MR) is 143 cm³/mol. The summed E-state index contributed by atoms with van der Waals surface area (Å²) in [6, 6.07) is 16.0. The van der Waals surface area contributed by atoms with Crippen LogP contribution in [0.1, 0.15) is 73.1 Å². The summed E-state index contributed by atoms with van der Waals surface area (Å²) in [6.07, 6.45) is 5.39. The fraction of sp³-hybridized carbons (Fsp3) is 0.500. The van der Waals surface area contributed by atoms with Crippen molar-refractivity contribution >= 4 is 16.8 Å². The summed E-state index contributed by atoms with van der Waals surface area (Å²) in [7, 11) is 0. The number of para-hydroxylation sites is 1. The number of hydrogen-bond donors (Lipinski definition) is 2. The number of aryl methyl sites for hydroxylation is 1. The number of nitrogens with zero attached hydrogens (tertiary/aromatic N) is 2. The minimum Gasteiger partial charge on any atom is -0.345 e. The number of fused-ring (bicyclic) bond motifs is 1. The summed E-state index contributed by atoms with van der Waals surface area (Å²) >= 11 is 0. The Labute approximate surface area is 214 Å². The average molecular weight is 494 g/mol. The molecule has 3 aromatic rings. The maximum Gasteiger partial charge on any atom is 0.274 e. The van der Waals surface area contributed by atoms with Crippen LogP contribution in [-0.2, 0) is 13.0 Å². The molecule has 2 heterocycles. The Hall–Kier alpha value is -2.70. The second-order valence-electron chi connectivity index (χ2n) is 10.4.